The molecule has 1 aliphatic carbocycles. The highest BCUT2D eigenvalue weighted by atomic mass is 79.9. The van der Waals surface area contributed by atoms with Gasteiger partial charge >= 0.3 is 11.9 Å². The van der Waals surface area contributed by atoms with Crippen molar-refractivity contribution >= 4 is 27.9 Å². The molecule has 0 radical (unpaired) electrons. The lowest BCUT2D eigenvalue weighted by Gasteiger charge is -2.17. The van der Waals surface area contributed by atoms with E-state index in [0.717, 1.165) is 5.56 Å². The van der Waals surface area contributed by atoms with Gasteiger partial charge in [-0.3, -0.25) is 0 Å². The second-order valence-electron chi connectivity index (χ2n) is 5.64. The molecule has 1 aromatic carbocycles. The molecule has 0 saturated heterocycles. The predicted octanol–water partition coefficient (Wildman–Crippen LogP) is 2.51. The molecular weight excluding hydrogens is 378 g/mol. The summed E-state index contributed by atoms with van der Waals surface area (Å²) in [5, 5.41) is 7.94. The molecule has 24 heavy (non-hydrogen) atoms. The summed E-state index contributed by atoms with van der Waals surface area (Å²) in [5.74, 6) is -1.19. The van der Waals surface area contributed by atoms with Gasteiger partial charge in [0.05, 0.1) is 13.2 Å². The van der Waals surface area contributed by atoms with E-state index in [2.05, 4.69) is 26.2 Å². The van der Waals surface area contributed by atoms with Gasteiger partial charge in [-0.05, 0) is 28.4 Å². The summed E-state index contributed by atoms with van der Waals surface area (Å²) >= 11 is 3.23. The minimum atomic E-state index is -1.17. The molecule has 0 N–H and O–H groups in total. The number of nitrogens with zero attached hydrogens (tertiary/aromatic N) is 3. The van der Waals surface area contributed by atoms with Crippen LogP contribution in [0.4, 0.5) is 0 Å². The molecule has 7 nitrogen and oxygen atoms in total. The first kappa shape index (κ1) is 16.6. The highest BCUT2D eigenvalue weighted by Crippen LogP contribution is 2.41. The molecule has 1 saturated carbocycles. The molecule has 0 aliphatic heterocycles. The number of esters is 2. The number of methoxy groups -OCH3 is 1. The Morgan fingerprint density at radius 3 is 2.54 bits per heavy atom. The summed E-state index contributed by atoms with van der Waals surface area (Å²) in [5.41, 5.74) is -0.0318. The Labute approximate surface area is 147 Å². The van der Waals surface area contributed by atoms with Crippen LogP contribution in [0.15, 0.2) is 34.9 Å². The topological polar surface area (TPSA) is 83.3 Å². The van der Waals surface area contributed by atoms with Gasteiger partial charge in [-0.25, -0.2) is 14.3 Å². The van der Waals surface area contributed by atoms with Crippen molar-refractivity contribution < 1.29 is 19.1 Å². The monoisotopic (exact) mass is 393 g/mol. The van der Waals surface area contributed by atoms with Gasteiger partial charge in [0.15, 0.2) is 10.3 Å². The number of carbonyl (C=O) groups excluding carboxylic acids is 2. The highest BCUT2D eigenvalue weighted by molar-refractivity contribution is 9.10. The molecule has 0 bridgehead atoms. The smallest absolute Gasteiger partial charge is 0.360 e. The summed E-state index contributed by atoms with van der Waals surface area (Å²) < 4.78 is 11.9. The summed E-state index contributed by atoms with van der Waals surface area (Å²) in [7, 11) is 1.27. The Morgan fingerprint density at radius 2 is 1.96 bits per heavy atom. The minimum Gasteiger partial charge on any atom is -0.466 e. The lowest BCUT2D eigenvalue weighted by molar-refractivity contribution is -0.153. The van der Waals surface area contributed by atoms with Crippen molar-refractivity contribution in [3.63, 3.8) is 0 Å². The molecule has 0 amide bonds. The van der Waals surface area contributed by atoms with Gasteiger partial charge in [-0.15, -0.1) is 5.10 Å². The van der Waals surface area contributed by atoms with E-state index in [4.69, 9.17) is 9.47 Å². The molecular formula is C16H16BrN3O4. The van der Waals surface area contributed by atoms with Crippen molar-refractivity contribution in [3.05, 3.63) is 46.2 Å². The van der Waals surface area contributed by atoms with Gasteiger partial charge in [-0.2, -0.15) is 0 Å². The van der Waals surface area contributed by atoms with Crippen LogP contribution in [0.2, 0.25) is 0 Å². The van der Waals surface area contributed by atoms with Gasteiger partial charge in [0.2, 0.25) is 5.60 Å². The van der Waals surface area contributed by atoms with Crippen molar-refractivity contribution in [2.24, 2.45) is 0 Å². The number of aromatic nitrogens is 3. The fourth-order valence-electron chi connectivity index (χ4n) is 2.47. The average molecular weight is 394 g/mol. The van der Waals surface area contributed by atoms with Crippen LogP contribution >= 0.6 is 15.9 Å². The Morgan fingerprint density at radius 1 is 1.29 bits per heavy atom. The van der Waals surface area contributed by atoms with Crippen molar-refractivity contribution in [2.45, 2.75) is 31.4 Å². The first-order chi connectivity index (χ1) is 11.5. The van der Waals surface area contributed by atoms with Crippen LogP contribution in [-0.4, -0.2) is 39.6 Å². The van der Waals surface area contributed by atoms with Gasteiger partial charge in [0.25, 0.3) is 0 Å². The van der Waals surface area contributed by atoms with Crippen LogP contribution in [-0.2, 0) is 14.3 Å². The van der Waals surface area contributed by atoms with E-state index >= 15 is 0 Å². The molecule has 2 aromatic rings. The van der Waals surface area contributed by atoms with E-state index in [1.807, 2.05) is 37.3 Å². The standard InChI is InChI=1S/C16H16BrN3O4/c1-10(11-6-4-3-5-7-11)20-12(13(17)18-19-20)14(21)24-16(8-9-16)15(22)23-2/h3-7,10H,8-9H2,1-2H3/t10-/m1/s1. The molecule has 1 heterocycles. The molecule has 3 rings (SSSR count). The second-order valence-corrected chi connectivity index (χ2v) is 6.39. The van der Waals surface area contributed by atoms with Gasteiger partial charge in [0, 0.05) is 12.8 Å². The molecule has 0 unspecified atom stereocenters. The maximum atomic E-state index is 12.6. The lowest BCUT2D eigenvalue weighted by atomic mass is 10.1. The molecule has 1 aliphatic rings. The van der Waals surface area contributed by atoms with Crippen molar-refractivity contribution in [1.29, 1.82) is 0 Å². The molecule has 1 aromatic heterocycles. The molecule has 126 valence electrons. The van der Waals surface area contributed by atoms with Crippen molar-refractivity contribution in [2.75, 3.05) is 7.11 Å². The Hall–Kier alpha value is -2.22. The first-order valence-corrected chi connectivity index (χ1v) is 8.25. The average Bonchev–Trinajstić information content (AvgIpc) is 3.28. The number of hydrogen-bond acceptors (Lipinski definition) is 6. The zero-order valence-corrected chi connectivity index (χ0v) is 14.8. The van der Waals surface area contributed by atoms with E-state index in [1.165, 1.54) is 11.8 Å². The number of ether oxygens (including phenoxy) is 2. The summed E-state index contributed by atoms with van der Waals surface area (Å²) in [6.07, 6.45) is 0.914. The lowest BCUT2D eigenvalue weighted by Crippen LogP contribution is -2.31. The van der Waals surface area contributed by atoms with E-state index in [-0.39, 0.29) is 16.3 Å². The van der Waals surface area contributed by atoms with Crippen molar-refractivity contribution in [3.8, 4) is 0 Å². The Bertz CT molecular complexity index is 771. The highest BCUT2D eigenvalue weighted by Gasteiger charge is 2.56. The van der Waals surface area contributed by atoms with E-state index in [9.17, 15) is 9.59 Å². The minimum absolute atomic E-state index is 0.168. The van der Waals surface area contributed by atoms with Crippen molar-refractivity contribution in [1.82, 2.24) is 15.0 Å². The van der Waals surface area contributed by atoms with Crippen LogP contribution in [0.25, 0.3) is 0 Å². The molecule has 1 atom stereocenters. The zero-order valence-electron chi connectivity index (χ0n) is 13.2. The fraction of sp³-hybridized carbons (Fsp3) is 0.375. The molecule has 8 heteroatoms. The Kier molecular flexibility index (Phi) is 4.40. The van der Waals surface area contributed by atoms with Crippen LogP contribution < -0.4 is 0 Å². The number of hydrogen-bond donors (Lipinski definition) is 0. The van der Waals surface area contributed by atoms with Gasteiger partial charge in [0.1, 0.15) is 0 Å². The van der Waals surface area contributed by atoms with E-state index in [1.54, 1.807) is 0 Å². The Balaban J connectivity index is 1.88. The van der Waals surface area contributed by atoms with E-state index in [0.29, 0.717) is 12.8 Å². The SMILES string of the molecule is COC(=O)C1(OC(=O)c2c(Br)nnn2[C@H](C)c2ccccc2)CC1. The van der Waals surface area contributed by atoms with Crippen LogP contribution in [0.5, 0.6) is 0 Å². The van der Waals surface area contributed by atoms with Crippen LogP contribution in [0.3, 0.4) is 0 Å². The van der Waals surface area contributed by atoms with Gasteiger partial charge < -0.3 is 9.47 Å². The van der Waals surface area contributed by atoms with Crippen LogP contribution in [0, 0.1) is 0 Å². The number of carbonyl (C=O) groups is 2. The third kappa shape index (κ3) is 2.93. The third-order valence-electron chi connectivity index (χ3n) is 4.05. The summed E-state index contributed by atoms with van der Waals surface area (Å²) in [6, 6.07) is 9.38. The summed E-state index contributed by atoms with van der Waals surface area (Å²) in [6.45, 7) is 1.90. The molecule has 1 fully saturated rings. The fourth-order valence-corrected chi connectivity index (χ4v) is 2.88. The first-order valence-electron chi connectivity index (χ1n) is 7.46. The quantitative estimate of drug-likeness (QED) is 0.725. The maximum absolute atomic E-state index is 12.6. The number of halogens is 1. The number of rotatable bonds is 5. The maximum Gasteiger partial charge on any atom is 0.360 e. The van der Waals surface area contributed by atoms with Crippen LogP contribution in [0.1, 0.15) is 41.9 Å². The predicted molar refractivity (Wildman–Crippen MR) is 87.4 cm³/mol. The third-order valence-corrected chi connectivity index (χ3v) is 4.58. The second kappa shape index (κ2) is 6.35. The van der Waals surface area contributed by atoms with Gasteiger partial charge in [-0.1, -0.05) is 35.5 Å². The molecule has 0 spiro atoms. The summed E-state index contributed by atoms with van der Waals surface area (Å²) in [4.78, 5) is 24.4. The number of benzene rings is 1. The van der Waals surface area contributed by atoms with E-state index < -0.39 is 17.5 Å². The normalized spacial score (nSPS) is 16.3. The zero-order chi connectivity index (χ0) is 17.3. The largest absolute Gasteiger partial charge is 0.466 e.